The predicted molar refractivity (Wildman–Crippen MR) is 41.6 cm³/mol. The zero-order valence-electron chi connectivity index (χ0n) is 6.72. The molecule has 1 aromatic rings. The van der Waals surface area contributed by atoms with Gasteiger partial charge in [-0.15, -0.1) is 0 Å². The SMILES string of the molecule is [CH2]C1COc2cc(F)c(F)cc2O1. The van der Waals surface area contributed by atoms with Gasteiger partial charge in [-0.3, -0.25) is 0 Å². The fourth-order valence-electron chi connectivity index (χ4n) is 1.11. The minimum absolute atomic E-state index is 0.199. The first-order valence-electron chi connectivity index (χ1n) is 3.78. The van der Waals surface area contributed by atoms with E-state index in [1.165, 1.54) is 0 Å². The lowest BCUT2D eigenvalue weighted by Gasteiger charge is -2.23. The van der Waals surface area contributed by atoms with Crippen LogP contribution in [0.15, 0.2) is 12.1 Å². The minimum atomic E-state index is -0.948. The summed E-state index contributed by atoms with van der Waals surface area (Å²) in [7, 11) is 0. The largest absolute Gasteiger partial charge is 0.486 e. The van der Waals surface area contributed by atoms with Crippen LogP contribution in [0.3, 0.4) is 0 Å². The molecule has 1 aliphatic rings. The van der Waals surface area contributed by atoms with E-state index in [9.17, 15) is 8.78 Å². The molecule has 1 atom stereocenters. The van der Waals surface area contributed by atoms with Gasteiger partial charge in [0.2, 0.25) is 0 Å². The maximum atomic E-state index is 12.7. The van der Waals surface area contributed by atoms with Crippen LogP contribution in [-0.4, -0.2) is 12.7 Å². The molecule has 4 heteroatoms. The Balaban J connectivity index is 2.43. The van der Waals surface area contributed by atoms with Crippen molar-refractivity contribution in [1.82, 2.24) is 0 Å². The summed E-state index contributed by atoms with van der Waals surface area (Å²) >= 11 is 0. The van der Waals surface area contributed by atoms with Crippen LogP contribution in [0.2, 0.25) is 0 Å². The molecular weight excluding hydrogens is 178 g/mol. The molecule has 0 fully saturated rings. The van der Waals surface area contributed by atoms with Crippen LogP contribution in [0.25, 0.3) is 0 Å². The molecule has 0 bridgehead atoms. The number of ether oxygens (including phenoxy) is 2. The zero-order valence-corrected chi connectivity index (χ0v) is 6.72. The molecule has 2 rings (SSSR count). The highest BCUT2D eigenvalue weighted by Crippen LogP contribution is 2.33. The van der Waals surface area contributed by atoms with Crippen LogP contribution in [0.4, 0.5) is 8.78 Å². The van der Waals surface area contributed by atoms with E-state index in [0.29, 0.717) is 0 Å². The van der Waals surface area contributed by atoms with Crippen molar-refractivity contribution in [3.63, 3.8) is 0 Å². The molecule has 1 aliphatic heterocycles. The Kier molecular flexibility index (Phi) is 1.83. The van der Waals surface area contributed by atoms with E-state index in [1.54, 1.807) is 0 Å². The zero-order chi connectivity index (χ0) is 9.42. The highest BCUT2D eigenvalue weighted by atomic mass is 19.2. The highest BCUT2D eigenvalue weighted by Gasteiger charge is 2.19. The van der Waals surface area contributed by atoms with Gasteiger partial charge in [0.05, 0.1) is 0 Å². The minimum Gasteiger partial charge on any atom is -0.486 e. The van der Waals surface area contributed by atoms with Gasteiger partial charge in [-0.25, -0.2) is 8.78 Å². The summed E-state index contributed by atoms with van der Waals surface area (Å²) in [5.74, 6) is -1.47. The molecular formula is C9H7F2O2. The van der Waals surface area contributed by atoms with Crippen LogP contribution >= 0.6 is 0 Å². The van der Waals surface area contributed by atoms with E-state index in [0.717, 1.165) is 12.1 Å². The molecule has 0 spiro atoms. The lowest BCUT2D eigenvalue weighted by atomic mass is 10.2. The van der Waals surface area contributed by atoms with Gasteiger partial charge in [0.15, 0.2) is 23.1 Å². The van der Waals surface area contributed by atoms with Crippen molar-refractivity contribution in [2.24, 2.45) is 0 Å². The second kappa shape index (κ2) is 2.87. The maximum absolute atomic E-state index is 12.7. The van der Waals surface area contributed by atoms with E-state index in [2.05, 4.69) is 6.92 Å². The molecule has 1 aromatic carbocycles. The van der Waals surface area contributed by atoms with Crippen molar-refractivity contribution >= 4 is 0 Å². The summed E-state index contributed by atoms with van der Waals surface area (Å²) in [6.45, 7) is 3.83. The third-order valence-corrected chi connectivity index (χ3v) is 1.71. The Morgan fingerprint density at radius 3 is 2.54 bits per heavy atom. The average molecular weight is 185 g/mol. The number of hydrogen-bond donors (Lipinski definition) is 0. The number of halogens is 2. The molecule has 13 heavy (non-hydrogen) atoms. The molecule has 1 radical (unpaired) electrons. The normalized spacial score (nSPS) is 20.1. The quantitative estimate of drug-likeness (QED) is 0.615. The fraction of sp³-hybridized carbons (Fsp3) is 0.222. The van der Waals surface area contributed by atoms with Crippen molar-refractivity contribution < 1.29 is 18.3 Å². The van der Waals surface area contributed by atoms with Crippen molar-refractivity contribution in [2.75, 3.05) is 6.61 Å². The smallest absolute Gasteiger partial charge is 0.164 e. The Morgan fingerprint density at radius 1 is 1.23 bits per heavy atom. The summed E-state index contributed by atoms with van der Waals surface area (Å²) in [4.78, 5) is 0. The summed E-state index contributed by atoms with van der Waals surface area (Å²) < 4.78 is 35.6. The Morgan fingerprint density at radius 2 is 1.85 bits per heavy atom. The van der Waals surface area contributed by atoms with Crippen LogP contribution < -0.4 is 9.47 Å². The van der Waals surface area contributed by atoms with E-state index in [-0.39, 0.29) is 24.2 Å². The molecule has 1 heterocycles. The summed E-state index contributed by atoms with van der Waals surface area (Å²) in [6.07, 6.45) is -0.377. The highest BCUT2D eigenvalue weighted by molar-refractivity contribution is 5.42. The Labute approximate surface area is 74.1 Å². The summed E-state index contributed by atoms with van der Waals surface area (Å²) in [5.41, 5.74) is 0. The molecule has 0 aliphatic carbocycles. The molecule has 0 N–H and O–H groups in total. The summed E-state index contributed by atoms with van der Waals surface area (Å²) in [5, 5.41) is 0. The lowest BCUT2D eigenvalue weighted by molar-refractivity contribution is 0.119. The fourth-order valence-corrected chi connectivity index (χ4v) is 1.11. The molecule has 69 valence electrons. The van der Waals surface area contributed by atoms with E-state index in [4.69, 9.17) is 9.47 Å². The number of rotatable bonds is 0. The van der Waals surface area contributed by atoms with Crippen LogP contribution in [0, 0.1) is 18.6 Å². The average Bonchev–Trinajstić information content (AvgIpc) is 2.08. The molecule has 0 saturated heterocycles. The van der Waals surface area contributed by atoms with Gasteiger partial charge in [0, 0.05) is 12.1 Å². The molecule has 1 unspecified atom stereocenters. The first kappa shape index (κ1) is 8.29. The number of benzene rings is 1. The second-order valence-corrected chi connectivity index (χ2v) is 2.76. The Bertz CT molecular complexity index is 339. The summed E-state index contributed by atoms with van der Waals surface area (Å²) in [6, 6.07) is 1.93. The van der Waals surface area contributed by atoms with Crippen molar-refractivity contribution in [1.29, 1.82) is 0 Å². The van der Waals surface area contributed by atoms with Gasteiger partial charge in [-0.05, 0) is 6.92 Å². The first-order valence-corrected chi connectivity index (χ1v) is 3.78. The van der Waals surface area contributed by atoms with Gasteiger partial charge < -0.3 is 9.47 Å². The molecule has 0 saturated carbocycles. The van der Waals surface area contributed by atoms with Crippen LogP contribution in [-0.2, 0) is 0 Å². The van der Waals surface area contributed by atoms with Crippen molar-refractivity contribution in [3.05, 3.63) is 30.7 Å². The monoisotopic (exact) mass is 185 g/mol. The lowest BCUT2D eigenvalue weighted by Crippen LogP contribution is -2.26. The molecule has 0 aromatic heterocycles. The molecule has 2 nitrogen and oxygen atoms in total. The van der Waals surface area contributed by atoms with Gasteiger partial charge in [0.25, 0.3) is 0 Å². The second-order valence-electron chi connectivity index (χ2n) is 2.76. The van der Waals surface area contributed by atoms with E-state index in [1.807, 2.05) is 0 Å². The van der Waals surface area contributed by atoms with Crippen LogP contribution in [0.1, 0.15) is 0 Å². The van der Waals surface area contributed by atoms with Gasteiger partial charge in [-0.1, -0.05) is 0 Å². The van der Waals surface area contributed by atoms with Gasteiger partial charge in [-0.2, -0.15) is 0 Å². The third-order valence-electron chi connectivity index (χ3n) is 1.71. The predicted octanol–water partition coefficient (Wildman–Crippen LogP) is 1.94. The number of hydrogen-bond acceptors (Lipinski definition) is 2. The topological polar surface area (TPSA) is 18.5 Å². The van der Waals surface area contributed by atoms with E-state index < -0.39 is 11.6 Å². The van der Waals surface area contributed by atoms with E-state index >= 15 is 0 Å². The standard InChI is InChI=1S/C9H7F2O2/c1-5-4-12-8-2-6(10)7(11)3-9(8)13-5/h2-3,5H,1,4H2. The van der Waals surface area contributed by atoms with Gasteiger partial charge >= 0.3 is 0 Å². The first-order chi connectivity index (χ1) is 6.16. The van der Waals surface area contributed by atoms with Crippen molar-refractivity contribution in [2.45, 2.75) is 6.10 Å². The maximum Gasteiger partial charge on any atom is 0.164 e. The van der Waals surface area contributed by atoms with Gasteiger partial charge in [0.1, 0.15) is 12.7 Å². The third kappa shape index (κ3) is 1.43. The van der Waals surface area contributed by atoms with Crippen LogP contribution in [0.5, 0.6) is 11.5 Å². The number of fused-ring (bicyclic) bond motifs is 1. The van der Waals surface area contributed by atoms with Crippen molar-refractivity contribution in [3.8, 4) is 11.5 Å². The molecule has 0 amide bonds. The Hall–Kier alpha value is -1.32.